The molecule has 0 unspecified atom stereocenters. The van der Waals surface area contributed by atoms with Gasteiger partial charge in [-0.25, -0.2) is 4.98 Å². The van der Waals surface area contributed by atoms with Crippen LogP contribution >= 0.6 is 0 Å². The summed E-state index contributed by atoms with van der Waals surface area (Å²) in [6.07, 6.45) is 0. The Hall–Kier alpha value is -3.53. The standard InChI is InChI=1S/C22H18N4/c1-4-10-17(11-5-1)16-23-22-20(18-12-6-2-7-13-18)25-26-21(24-22)19-14-8-3-9-15-19/h1-15H,16H2,(H,23,24,26). The molecule has 4 aromatic rings. The Kier molecular flexibility index (Phi) is 4.65. The number of rotatable bonds is 5. The fourth-order valence-corrected chi connectivity index (χ4v) is 2.73. The number of nitrogens with zero attached hydrogens (tertiary/aromatic N) is 3. The van der Waals surface area contributed by atoms with E-state index in [0.717, 1.165) is 22.6 Å². The lowest BCUT2D eigenvalue weighted by atomic mass is 10.1. The largest absolute Gasteiger partial charge is 0.364 e. The first kappa shape index (κ1) is 16.0. The molecule has 126 valence electrons. The van der Waals surface area contributed by atoms with Gasteiger partial charge in [-0.1, -0.05) is 91.0 Å². The SMILES string of the molecule is c1ccc(CNc2nc(-c3ccccc3)nnc2-c2ccccc2)cc1. The minimum atomic E-state index is 0.612. The number of aromatic nitrogens is 3. The number of hydrogen-bond acceptors (Lipinski definition) is 4. The average molecular weight is 338 g/mol. The molecule has 0 bridgehead atoms. The van der Waals surface area contributed by atoms with E-state index >= 15 is 0 Å². The van der Waals surface area contributed by atoms with Gasteiger partial charge in [-0.15, -0.1) is 10.2 Å². The molecule has 0 saturated carbocycles. The zero-order valence-electron chi connectivity index (χ0n) is 14.2. The molecule has 1 aromatic heterocycles. The van der Waals surface area contributed by atoms with Crippen LogP contribution in [0, 0.1) is 0 Å². The topological polar surface area (TPSA) is 50.7 Å². The van der Waals surface area contributed by atoms with E-state index in [-0.39, 0.29) is 0 Å². The van der Waals surface area contributed by atoms with E-state index in [1.54, 1.807) is 0 Å². The van der Waals surface area contributed by atoms with Crippen LogP contribution in [0.4, 0.5) is 5.82 Å². The summed E-state index contributed by atoms with van der Waals surface area (Å²) < 4.78 is 0. The highest BCUT2D eigenvalue weighted by atomic mass is 15.2. The van der Waals surface area contributed by atoms with Gasteiger partial charge < -0.3 is 5.32 Å². The maximum absolute atomic E-state index is 4.75. The first-order valence-electron chi connectivity index (χ1n) is 8.53. The lowest BCUT2D eigenvalue weighted by Crippen LogP contribution is -2.07. The van der Waals surface area contributed by atoms with Crippen molar-refractivity contribution in [2.75, 3.05) is 5.32 Å². The molecule has 0 aliphatic heterocycles. The zero-order chi connectivity index (χ0) is 17.6. The normalized spacial score (nSPS) is 10.5. The Bertz CT molecular complexity index is 971. The third-order valence-electron chi connectivity index (χ3n) is 4.07. The molecule has 0 amide bonds. The number of nitrogens with one attached hydrogen (secondary N) is 1. The predicted molar refractivity (Wildman–Crippen MR) is 104 cm³/mol. The minimum absolute atomic E-state index is 0.612. The van der Waals surface area contributed by atoms with Crippen molar-refractivity contribution in [2.45, 2.75) is 6.54 Å². The van der Waals surface area contributed by atoms with Crippen molar-refractivity contribution in [3.05, 3.63) is 96.6 Å². The van der Waals surface area contributed by atoms with Gasteiger partial charge >= 0.3 is 0 Å². The Labute approximate surface area is 152 Å². The zero-order valence-corrected chi connectivity index (χ0v) is 14.2. The number of hydrogen-bond donors (Lipinski definition) is 1. The lowest BCUT2D eigenvalue weighted by molar-refractivity contribution is 0.974. The second-order valence-electron chi connectivity index (χ2n) is 5.90. The lowest BCUT2D eigenvalue weighted by Gasteiger charge is -2.11. The van der Waals surface area contributed by atoms with Crippen LogP contribution in [0.3, 0.4) is 0 Å². The van der Waals surface area contributed by atoms with Crippen LogP contribution < -0.4 is 5.32 Å². The van der Waals surface area contributed by atoms with Crippen molar-refractivity contribution >= 4 is 5.82 Å². The number of benzene rings is 3. The third-order valence-corrected chi connectivity index (χ3v) is 4.07. The fraction of sp³-hybridized carbons (Fsp3) is 0.0455. The van der Waals surface area contributed by atoms with Gasteiger partial charge in [-0.2, -0.15) is 0 Å². The fourth-order valence-electron chi connectivity index (χ4n) is 2.73. The highest BCUT2D eigenvalue weighted by Gasteiger charge is 2.12. The molecule has 0 spiro atoms. The van der Waals surface area contributed by atoms with Gasteiger partial charge in [0.05, 0.1) is 0 Å². The molecule has 0 aliphatic rings. The van der Waals surface area contributed by atoms with Crippen molar-refractivity contribution in [3.8, 4) is 22.6 Å². The van der Waals surface area contributed by atoms with E-state index in [4.69, 9.17) is 4.98 Å². The second-order valence-corrected chi connectivity index (χ2v) is 5.90. The summed E-state index contributed by atoms with van der Waals surface area (Å²) in [5.41, 5.74) is 3.87. The maximum atomic E-state index is 4.75. The molecule has 1 heterocycles. The summed E-state index contributed by atoms with van der Waals surface area (Å²) >= 11 is 0. The van der Waals surface area contributed by atoms with Gasteiger partial charge in [0, 0.05) is 17.7 Å². The minimum Gasteiger partial charge on any atom is -0.364 e. The number of anilines is 1. The van der Waals surface area contributed by atoms with Crippen molar-refractivity contribution in [3.63, 3.8) is 0 Å². The summed E-state index contributed by atoms with van der Waals surface area (Å²) in [7, 11) is 0. The summed E-state index contributed by atoms with van der Waals surface area (Å²) in [5, 5.41) is 12.2. The predicted octanol–water partition coefficient (Wildman–Crippen LogP) is 4.82. The maximum Gasteiger partial charge on any atom is 0.183 e. The summed E-state index contributed by atoms with van der Waals surface area (Å²) in [4.78, 5) is 4.75. The van der Waals surface area contributed by atoms with Crippen molar-refractivity contribution < 1.29 is 0 Å². The van der Waals surface area contributed by atoms with E-state index in [9.17, 15) is 0 Å². The van der Waals surface area contributed by atoms with Crippen LogP contribution in [-0.2, 0) is 6.54 Å². The molecule has 0 aliphatic carbocycles. The van der Waals surface area contributed by atoms with Gasteiger partial charge in [0.1, 0.15) is 5.69 Å². The van der Waals surface area contributed by atoms with Gasteiger partial charge in [-0.3, -0.25) is 0 Å². The molecule has 0 radical (unpaired) electrons. The van der Waals surface area contributed by atoms with Crippen molar-refractivity contribution in [1.82, 2.24) is 15.2 Å². The van der Waals surface area contributed by atoms with Crippen LogP contribution in [0.25, 0.3) is 22.6 Å². The summed E-state index contributed by atoms with van der Waals surface area (Å²) in [6.45, 7) is 0.674. The monoisotopic (exact) mass is 338 g/mol. The van der Waals surface area contributed by atoms with Crippen LogP contribution in [0.5, 0.6) is 0 Å². The van der Waals surface area contributed by atoms with Gasteiger partial charge in [0.15, 0.2) is 11.6 Å². The molecular formula is C22H18N4. The van der Waals surface area contributed by atoms with Crippen molar-refractivity contribution in [2.24, 2.45) is 0 Å². The third kappa shape index (κ3) is 3.59. The first-order chi connectivity index (χ1) is 12.9. The summed E-state index contributed by atoms with van der Waals surface area (Å²) in [6, 6.07) is 30.1. The second kappa shape index (κ2) is 7.57. The molecule has 0 saturated heterocycles. The Morgan fingerprint density at radius 1 is 0.615 bits per heavy atom. The van der Waals surface area contributed by atoms with E-state index in [1.165, 1.54) is 5.56 Å². The van der Waals surface area contributed by atoms with Gasteiger partial charge in [0.25, 0.3) is 0 Å². The van der Waals surface area contributed by atoms with Gasteiger partial charge in [-0.05, 0) is 5.56 Å². The van der Waals surface area contributed by atoms with E-state index in [0.29, 0.717) is 12.4 Å². The smallest absolute Gasteiger partial charge is 0.183 e. The molecule has 4 nitrogen and oxygen atoms in total. The highest BCUT2D eigenvalue weighted by molar-refractivity contribution is 5.72. The molecular weight excluding hydrogens is 320 g/mol. The Morgan fingerprint density at radius 2 is 1.19 bits per heavy atom. The van der Waals surface area contributed by atoms with Crippen molar-refractivity contribution in [1.29, 1.82) is 0 Å². The molecule has 26 heavy (non-hydrogen) atoms. The van der Waals surface area contributed by atoms with E-state index < -0.39 is 0 Å². The first-order valence-corrected chi connectivity index (χ1v) is 8.53. The van der Waals surface area contributed by atoms with Crippen LogP contribution in [0.2, 0.25) is 0 Å². The Morgan fingerprint density at radius 3 is 1.85 bits per heavy atom. The Balaban J connectivity index is 1.71. The van der Waals surface area contributed by atoms with E-state index in [1.807, 2.05) is 78.9 Å². The molecule has 0 fully saturated rings. The molecule has 3 aromatic carbocycles. The molecule has 4 heteroatoms. The molecule has 0 atom stereocenters. The quantitative estimate of drug-likeness (QED) is 0.567. The molecule has 1 N–H and O–H groups in total. The van der Waals surface area contributed by atoms with E-state index in [2.05, 4.69) is 27.6 Å². The molecule has 4 rings (SSSR count). The van der Waals surface area contributed by atoms with Crippen LogP contribution in [0.1, 0.15) is 5.56 Å². The van der Waals surface area contributed by atoms with Gasteiger partial charge in [0.2, 0.25) is 0 Å². The van der Waals surface area contributed by atoms with Crippen LogP contribution in [-0.4, -0.2) is 15.2 Å². The average Bonchev–Trinajstić information content (AvgIpc) is 2.74. The highest BCUT2D eigenvalue weighted by Crippen LogP contribution is 2.26. The van der Waals surface area contributed by atoms with Crippen LogP contribution in [0.15, 0.2) is 91.0 Å². The summed E-state index contributed by atoms with van der Waals surface area (Å²) in [5.74, 6) is 1.34.